The summed E-state index contributed by atoms with van der Waals surface area (Å²) in [7, 11) is 0. The molecule has 3 unspecified atom stereocenters. The van der Waals surface area contributed by atoms with E-state index in [-0.39, 0.29) is 5.91 Å². The number of hydrogen-bond acceptors (Lipinski definition) is 3. The summed E-state index contributed by atoms with van der Waals surface area (Å²) < 4.78 is 0. The van der Waals surface area contributed by atoms with E-state index in [1.807, 2.05) is 18.2 Å². The van der Waals surface area contributed by atoms with Crippen molar-refractivity contribution in [2.75, 3.05) is 5.32 Å². The van der Waals surface area contributed by atoms with Crippen LogP contribution in [0.4, 0.5) is 5.69 Å². The van der Waals surface area contributed by atoms with Crippen LogP contribution in [0.5, 0.6) is 0 Å². The van der Waals surface area contributed by atoms with Gasteiger partial charge in [-0.05, 0) is 31.7 Å². The molecule has 1 aliphatic rings. The predicted octanol–water partition coefficient (Wildman–Crippen LogP) is 2.59. The number of benzene rings is 1. The minimum atomic E-state index is -0.788. The summed E-state index contributed by atoms with van der Waals surface area (Å²) in [6.45, 7) is 3.82. The molecule has 1 aromatic rings. The molecule has 1 saturated carbocycles. The molecule has 0 aromatic heterocycles. The maximum absolute atomic E-state index is 12.5. The van der Waals surface area contributed by atoms with Crippen molar-refractivity contribution in [2.24, 2.45) is 11.7 Å². The predicted molar refractivity (Wildman–Crippen MR) is 80.3 cm³/mol. The second-order valence-corrected chi connectivity index (χ2v) is 6.08. The molecule has 3 atom stereocenters. The fourth-order valence-electron chi connectivity index (χ4n) is 3.02. The lowest BCUT2D eigenvalue weighted by Gasteiger charge is -2.35. The molecule has 0 saturated heterocycles. The minimum absolute atomic E-state index is 0.142. The Morgan fingerprint density at radius 1 is 1.50 bits per heavy atom. The molecule has 1 aromatic carbocycles. The number of amides is 1. The smallest absolute Gasteiger partial charge is 0.244 e. The molecule has 4 nitrogen and oxygen atoms in total. The number of carbonyl (C=O) groups excluding carboxylic acids is 1. The van der Waals surface area contributed by atoms with Crippen LogP contribution in [0.25, 0.3) is 0 Å². The van der Waals surface area contributed by atoms with Crippen LogP contribution in [0.1, 0.15) is 51.2 Å². The maximum Gasteiger partial charge on any atom is 0.244 e. The summed E-state index contributed by atoms with van der Waals surface area (Å²) in [5.74, 6) is 0.337. The highest BCUT2D eigenvalue weighted by Gasteiger charge is 2.38. The highest BCUT2D eigenvalue weighted by molar-refractivity contribution is 5.98. The van der Waals surface area contributed by atoms with Crippen molar-refractivity contribution in [2.45, 2.75) is 51.2 Å². The molecule has 0 bridgehead atoms. The van der Waals surface area contributed by atoms with Crippen molar-refractivity contribution in [3.05, 3.63) is 29.8 Å². The van der Waals surface area contributed by atoms with Gasteiger partial charge in [0, 0.05) is 11.3 Å². The van der Waals surface area contributed by atoms with Gasteiger partial charge in [-0.1, -0.05) is 38.0 Å². The van der Waals surface area contributed by atoms with Gasteiger partial charge in [0.1, 0.15) is 0 Å². The monoisotopic (exact) mass is 276 g/mol. The summed E-state index contributed by atoms with van der Waals surface area (Å²) in [5, 5.41) is 12.7. The molecule has 2 rings (SSSR count). The number of carbonyl (C=O) groups is 1. The molecule has 0 radical (unpaired) electrons. The third kappa shape index (κ3) is 3.19. The van der Waals surface area contributed by atoms with Gasteiger partial charge >= 0.3 is 0 Å². The van der Waals surface area contributed by atoms with Gasteiger partial charge in [-0.3, -0.25) is 4.79 Å². The lowest BCUT2D eigenvalue weighted by Crippen LogP contribution is -2.53. The third-order valence-electron chi connectivity index (χ3n) is 4.14. The largest absolute Gasteiger partial charge is 0.389 e. The molecule has 1 fully saturated rings. The Kier molecular flexibility index (Phi) is 4.45. The van der Waals surface area contributed by atoms with Crippen molar-refractivity contribution in [3.63, 3.8) is 0 Å². The molecule has 1 amide bonds. The fourth-order valence-corrected chi connectivity index (χ4v) is 3.02. The van der Waals surface area contributed by atoms with Crippen molar-refractivity contribution >= 4 is 11.6 Å². The zero-order valence-corrected chi connectivity index (χ0v) is 12.2. The second-order valence-electron chi connectivity index (χ2n) is 6.08. The van der Waals surface area contributed by atoms with Crippen LogP contribution in [-0.2, 0) is 4.79 Å². The quantitative estimate of drug-likeness (QED) is 0.794. The third-order valence-corrected chi connectivity index (χ3v) is 4.14. The first-order valence-corrected chi connectivity index (χ1v) is 7.30. The topological polar surface area (TPSA) is 75.4 Å². The number of nitrogens with one attached hydrogen (secondary N) is 1. The summed E-state index contributed by atoms with van der Waals surface area (Å²) in [4.78, 5) is 12.5. The van der Waals surface area contributed by atoms with E-state index in [1.54, 1.807) is 13.0 Å². The number of rotatable bonds is 3. The van der Waals surface area contributed by atoms with E-state index in [1.165, 1.54) is 0 Å². The zero-order valence-electron chi connectivity index (χ0n) is 12.2. The van der Waals surface area contributed by atoms with Crippen LogP contribution in [0, 0.1) is 5.92 Å². The Labute approximate surface area is 120 Å². The van der Waals surface area contributed by atoms with Crippen molar-refractivity contribution in [3.8, 4) is 0 Å². The van der Waals surface area contributed by atoms with Crippen molar-refractivity contribution in [1.82, 2.24) is 0 Å². The molecule has 20 heavy (non-hydrogen) atoms. The summed E-state index contributed by atoms with van der Waals surface area (Å²) in [6.07, 6.45) is 2.94. The average Bonchev–Trinajstić information content (AvgIpc) is 2.38. The molecular formula is C16H24N2O2. The Bertz CT molecular complexity index is 487. The molecule has 110 valence electrons. The van der Waals surface area contributed by atoms with E-state index in [4.69, 9.17) is 5.73 Å². The number of anilines is 1. The first kappa shape index (κ1) is 15.0. The van der Waals surface area contributed by atoms with E-state index >= 15 is 0 Å². The number of para-hydroxylation sites is 1. The number of aliphatic hydroxyl groups excluding tert-OH is 1. The van der Waals surface area contributed by atoms with E-state index < -0.39 is 11.6 Å². The van der Waals surface area contributed by atoms with Gasteiger partial charge in [0.05, 0.1) is 11.6 Å². The fraction of sp³-hybridized carbons (Fsp3) is 0.562. The van der Waals surface area contributed by atoms with Crippen LogP contribution < -0.4 is 11.1 Å². The van der Waals surface area contributed by atoms with E-state index in [2.05, 4.69) is 12.2 Å². The minimum Gasteiger partial charge on any atom is -0.389 e. The van der Waals surface area contributed by atoms with Gasteiger partial charge in [0.15, 0.2) is 0 Å². The summed E-state index contributed by atoms with van der Waals surface area (Å²) in [5.41, 5.74) is 6.87. The first-order valence-electron chi connectivity index (χ1n) is 7.30. The number of hydrogen-bond donors (Lipinski definition) is 3. The Balaban J connectivity index is 2.15. The Hall–Kier alpha value is -1.39. The Morgan fingerprint density at radius 3 is 2.85 bits per heavy atom. The molecule has 0 heterocycles. The molecule has 4 N–H and O–H groups in total. The van der Waals surface area contributed by atoms with Gasteiger partial charge < -0.3 is 16.2 Å². The number of nitrogens with two attached hydrogens (primary N) is 1. The van der Waals surface area contributed by atoms with Crippen molar-refractivity contribution in [1.29, 1.82) is 0 Å². The molecule has 0 aliphatic heterocycles. The second kappa shape index (κ2) is 5.94. The lowest BCUT2D eigenvalue weighted by molar-refractivity contribution is -0.122. The van der Waals surface area contributed by atoms with E-state index in [0.717, 1.165) is 25.7 Å². The van der Waals surface area contributed by atoms with Crippen LogP contribution in [0.2, 0.25) is 0 Å². The normalized spacial score (nSPS) is 27.9. The first-order chi connectivity index (χ1) is 9.42. The van der Waals surface area contributed by atoms with E-state index in [9.17, 15) is 9.90 Å². The van der Waals surface area contributed by atoms with Crippen molar-refractivity contribution < 1.29 is 9.90 Å². The summed E-state index contributed by atoms with van der Waals surface area (Å²) in [6, 6.07) is 7.30. The Morgan fingerprint density at radius 2 is 2.20 bits per heavy atom. The molecule has 1 aliphatic carbocycles. The lowest BCUT2D eigenvalue weighted by atomic mass is 9.76. The van der Waals surface area contributed by atoms with Crippen LogP contribution in [0.15, 0.2) is 24.3 Å². The molecule has 0 spiro atoms. The van der Waals surface area contributed by atoms with Crippen LogP contribution >= 0.6 is 0 Å². The SMILES string of the molecule is CC1CCCC(N)(C(=O)Nc2ccccc2C(C)O)C1. The van der Waals surface area contributed by atoms with Gasteiger partial charge in [-0.15, -0.1) is 0 Å². The standard InChI is InChI=1S/C16H24N2O2/c1-11-6-5-9-16(17,10-11)15(20)18-14-8-4-3-7-13(14)12(2)19/h3-4,7-8,11-12,19H,5-6,9-10,17H2,1-2H3,(H,18,20). The van der Waals surface area contributed by atoms with Gasteiger partial charge in [-0.25, -0.2) is 0 Å². The van der Waals surface area contributed by atoms with Crippen LogP contribution in [-0.4, -0.2) is 16.6 Å². The number of aliphatic hydroxyl groups is 1. The molecular weight excluding hydrogens is 252 g/mol. The van der Waals surface area contributed by atoms with Gasteiger partial charge in [-0.2, -0.15) is 0 Å². The summed E-state index contributed by atoms with van der Waals surface area (Å²) >= 11 is 0. The highest BCUT2D eigenvalue weighted by atomic mass is 16.3. The zero-order chi connectivity index (χ0) is 14.8. The average molecular weight is 276 g/mol. The highest BCUT2D eigenvalue weighted by Crippen LogP contribution is 2.32. The van der Waals surface area contributed by atoms with Gasteiger partial charge in [0.25, 0.3) is 0 Å². The van der Waals surface area contributed by atoms with E-state index in [0.29, 0.717) is 17.2 Å². The molecule has 4 heteroatoms. The van der Waals surface area contributed by atoms with Crippen LogP contribution in [0.3, 0.4) is 0 Å². The van der Waals surface area contributed by atoms with Gasteiger partial charge in [0.2, 0.25) is 5.91 Å². The maximum atomic E-state index is 12.5.